The van der Waals surface area contributed by atoms with E-state index in [4.69, 9.17) is 0 Å². The van der Waals surface area contributed by atoms with Gasteiger partial charge >= 0.3 is 0 Å². The third kappa shape index (κ3) is 5.75. The first-order valence-electron chi connectivity index (χ1n) is 14.8. The Morgan fingerprint density at radius 3 is 1.93 bits per heavy atom. The Kier molecular flexibility index (Phi) is 7.97. The third-order valence-corrected chi connectivity index (χ3v) is 8.71. The number of hydrogen-bond acceptors (Lipinski definition) is 4. The van der Waals surface area contributed by atoms with Gasteiger partial charge in [-0.05, 0) is 53.8 Å². The van der Waals surface area contributed by atoms with Crippen LogP contribution in [0.5, 0.6) is 0 Å². The SMILES string of the molecule is CN(Cc1ccccc1)C(=O)CN1CN(c2ccccc2)C2(CCN(C(=O)c3ccc(-c4ccccc4)cc3)CC2)C1=O. The Bertz CT molecular complexity index is 1570. The summed E-state index contributed by atoms with van der Waals surface area (Å²) in [7, 11) is 1.77. The number of carbonyl (C=O) groups is 3. The quantitative estimate of drug-likeness (QED) is 0.302. The molecule has 0 saturated carbocycles. The number of benzene rings is 4. The highest BCUT2D eigenvalue weighted by atomic mass is 16.2. The van der Waals surface area contributed by atoms with E-state index >= 15 is 0 Å². The molecule has 43 heavy (non-hydrogen) atoms. The third-order valence-electron chi connectivity index (χ3n) is 8.71. The molecule has 3 amide bonds. The van der Waals surface area contributed by atoms with Crippen LogP contribution >= 0.6 is 0 Å². The summed E-state index contributed by atoms with van der Waals surface area (Å²) in [6, 6.07) is 37.6. The molecule has 4 aromatic carbocycles. The first-order valence-corrected chi connectivity index (χ1v) is 14.8. The van der Waals surface area contributed by atoms with Gasteiger partial charge in [-0.15, -0.1) is 0 Å². The van der Waals surface area contributed by atoms with Crippen molar-refractivity contribution < 1.29 is 14.4 Å². The van der Waals surface area contributed by atoms with E-state index in [1.54, 1.807) is 16.8 Å². The molecule has 0 atom stereocenters. The molecular formula is C36H36N4O3. The molecule has 0 aliphatic carbocycles. The maximum Gasteiger partial charge on any atom is 0.253 e. The van der Waals surface area contributed by atoms with Gasteiger partial charge in [0.05, 0.1) is 6.67 Å². The van der Waals surface area contributed by atoms with E-state index in [1.807, 2.05) is 108 Å². The lowest BCUT2D eigenvalue weighted by molar-refractivity contribution is -0.140. The first-order chi connectivity index (χ1) is 20.9. The highest BCUT2D eigenvalue weighted by Crippen LogP contribution is 2.39. The van der Waals surface area contributed by atoms with Gasteiger partial charge in [0.2, 0.25) is 5.91 Å². The predicted octanol–water partition coefficient (Wildman–Crippen LogP) is 5.29. The molecule has 2 aliphatic rings. The molecule has 0 N–H and O–H groups in total. The lowest BCUT2D eigenvalue weighted by Crippen LogP contribution is -2.57. The number of likely N-dealkylation sites (N-methyl/N-ethyl adjacent to an activating group) is 1. The van der Waals surface area contributed by atoms with Crippen LogP contribution in [0.4, 0.5) is 5.69 Å². The van der Waals surface area contributed by atoms with Crippen LogP contribution in [0.15, 0.2) is 115 Å². The molecule has 0 bridgehead atoms. The molecule has 0 unspecified atom stereocenters. The Hall–Kier alpha value is -4.91. The summed E-state index contributed by atoms with van der Waals surface area (Å²) < 4.78 is 0. The second-order valence-corrected chi connectivity index (χ2v) is 11.4. The lowest BCUT2D eigenvalue weighted by Gasteiger charge is -2.43. The zero-order valence-electron chi connectivity index (χ0n) is 24.4. The Morgan fingerprint density at radius 2 is 1.30 bits per heavy atom. The van der Waals surface area contributed by atoms with Crippen molar-refractivity contribution in [3.63, 3.8) is 0 Å². The summed E-state index contributed by atoms with van der Waals surface area (Å²) in [5.74, 6) is -0.174. The van der Waals surface area contributed by atoms with Gasteiger partial charge in [-0.3, -0.25) is 14.4 Å². The van der Waals surface area contributed by atoms with E-state index in [0.717, 1.165) is 22.4 Å². The molecule has 7 heteroatoms. The van der Waals surface area contributed by atoms with Crippen LogP contribution in [0.3, 0.4) is 0 Å². The van der Waals surface area contributed by atoms with Gasteiger partial charge in [0.1, 0.15) is 12.1 Å². The van der Waals surface area contributed by atoms with Crippen LogP contribution in [-0.2, 0) is 16.1 Å². The molecule has 2 aliphatic heterocycles. The topological polar surface area (TPSA) is 64.2 Å². The summed E-state index contributed by atoms with van der Waals surface area (Å²) in [4.78, 5) is 48.2. The Morgan fingerprint density at radius 1 is 0.744 bits per heavy atom. The van der Waals surface area contributed by atoms with Gasteiger partial charge in [-0.1, -0.05) is 91.0 Å². The average Bonchev–Trinajstić information content (AvgIpc) is 3.32. The monoisotopic (exact) mass is 572 g/mol. The fourth-order valence-corrected chi connectivity index (χ4v) is 6.25. The van der Waals surface area contributed by atoms with E-state index in [9.17, 15) is 14.4 Å². The Balaban J connectivity index is 1.16. The van der Waals surface area contributed by atoms with E-state index in [-0.39, 0.29) is 24.3 Å². The number of anilines is 1. The highest BCUT2D eigenvalue weighted by molar-refractivity contribution is 5.98. The van der Waals surface area contributed by atoms with Crippen molar-refractivity contribution in [2.75, 3.05) is 38.3 Å². The second kappa shape index (κ2) is 12.1. The van der Waals surface area contributed by atoms with Crippen molar-refractivity contribution in [2.24, 2.45) is 0 Å². The smallest absolute Gasteiger partial charge is 0.253 e. The van der Waals surface area contributed by atoms with E-state index < -0.39 is 5.54 Å². The maximum atomic E-state index is 14.1. The van der Waals surface area contributed by atoms with Gasteiger partial charge < -0.3 is 19.6 Å². The van der Waals surface area contributed by atoms with E-state index in [2.05, 4.69) is 17.0 Å². The highest BCUT2D eigenvalue weighted by Gasteiger charge is 2.54. The number of piperidine rings is 1. The summed E-state index contributed by atoms with van der Waals surface area (Å²) in [5, 5.41) is 0. The second-order valence-electron chi connectivity index (χ2n) is 11.4. The van der Waals surface area contributed by atoms with Crippen molar-refractivity contribution in [2.45, 2.75) is 24.9 Å². The number of carbonyl (C=O) groups excluding carboxylic acids is 3. The van der Waals surface area contributed by atoms with Crippen LogP contribution in [0.1, 0.15) is 28.8 Å². The van der Waals surface area contributed by atoms with Gasteiger partial charge in [-0.25, -0.2) is 0 Å². The Labute approximate surface area is 252 Å². The number of hydrogen-bond donors (Lipinski definition) is 0. The summed E-state index contributed by atoms with van der Waals surface area (Å²) in [6.45, 7) is 1.76. The summed E-state index contributed by atoms with van der Waals surface area (Å²) in [5.41, 5.74) is 4.00. The molecular weight excluding hydrogens is 536 g/mol. The molecule has 2 fully saturated rings. The van der Waals surface area contributed by atoms with Crippen molar-refractivity contribution in [1.82, 2.24) is 14.7 Å². The minimum atomic E-state index is -0.798. The van der Waals surface area contributed by atoms with Crippen molar-refractivity contribution in [1.29, 1.82) is 0 Å². The molecule has 2 heterocycles. The van der Waals surface area contributed by atoms with E-state index in [1.165, 1.54) is 0 Å². The predicted molar refractivity (Wildman–Crippen MR) is 168 cm³/mol. The van der Waals surface area contributed by atoms with Crippen LogP contribution in [-0.4, -0.2) is 71.3 Å². The maximum absolute atomic E-state index is 14.1. The number of para-hydroxylation sites is 1. The fourth-order valence-electron chi connectivity index (χ4n) is 6.25. The molecule has 2 saturated heterocycles. The number of amides is 3. The van der Waals surface area contributed by atoms with Crippen LogP contribution in [0.25, 0.3) is 11.1 Å². The molecule has 6 rings (SSSR count). The number of rotatable bonds is 7. The summed E-state index contributed by atoms with van der Waals surface area (Å²) >= 11 is 0. The van der Waals surface area contributed by atoms with Crippen molar-refractivity contribution in [3.05, 3.63) is 126 Å². The van der Waals surface area contributed by atoms with Gasteiger partial charge in [0.25, 0.3) is 11.8 Å². The van der Waals surface area contributed by atoms with Gasteiger partial charge in [-0.2, -0.15) is 0 Å². The molecule has 7 nitrogen and oxygen atoms in total. The largest absolute Gasteiger partial charge is 0.340 e. The molecule has 0 radical (unpaired) electrons. The summed E-state index contributed by atoms with van der Waals surface area (Å²) in [6.07, 6.45) is 0.998. The molecule has 4 aromatic rings. The number of nitrogens with zero attached hydrogens (tertiary/aromatic N) is 4. The van der Waals surface area contributed by atoms with E-state index in [0.29, 0.717) is 44.7 Å². The van der Waals surface area contributed by atoms with Crippen LogP contribution in [0.2, 0.25) is 0 Å². The van der Waals surface area contributed by atoms with Crippen molar-refractivity contribution in [3.8, 4) is 11.1 Å². The van der Waals surface area contributed by atoms with Crippen LogP contribution < -0.4 is 4.90 Å². The first kappa shape index (κ1) is 28.2. The minimum absolute atomic E-state index is 0.0175. The molecule has 0 aromatic heterocycles. The number of likely N-dealkylation sites (tertiary alicyclic amines) is 1. The lowest BCUT2D eigenvalue weighted by atomic mass is 9.85. The average molecular weight is 573 g/mol. The zero-order chi connectivity index (χ0) is 29.8. The van der Waals surface area contributed by atoms with Crippen LogP contribution in [0, 0.1) is 0 Å². The molecule has 1 spiro atoms. The standard InChI is InChI=1S/C36H36N4O3/c1-37(25-28-11-5-2-6-12-28)33(41)26-39-27-40(32-15-9-4-10-16-32)36(35(39)43)21-23-38(24-22-36)34(42)31-19-17-30(18-20-31)29-13-7-3-8-14-29/h2-20H,21-27H2,1H3. The van der Waals surface area contributed by atoms with Gasteiger partial charge in [0, 0.05) is 37.9 Å². The van der Waals surface area contributed by atoms with Crippen molar-refractivity contribution >= 4 is 23.4 Å². The normalized spacial score (nSPS) is 16.0. The molecule has 218 valence electrons. The minimum Gasteiger partial charge on any atom is -0.340 e. The van der Waals surface area contributed by atoms with Gasteiger partial charge in [0.15, 0.2) is 0 Å². The zero-order valence-corrected chi connectivity index (χ0v) is 24.4. The fraction of sp³-hybridized carbons (Fsp3) is 0.250.